The van der Waals surface area contributed by atoms with Gasteiger partial charge in [-0.2, -0.15) is 0 Å². The van der Waals surface area contributed by atoms with Gasteiger partial charge in [-0.15, -0.1) is 0 Å². The molecule has 11 heavy (non-hydrogen) atoms. The summed E-state index contributed by atoms with van der Waals surface area (Å²) in [7, 11) is 0. The zero-order chi connectivity index (χ0) is 8.43. The minimum absolute atomic E-state index is 0.335. The van der Waals surface area contributed by atoms with Gasteiger partial charge >= 0.3 is 0 Å². The summed E-state index contributed by atoms with van der Waals surface area (Å²) < 4.78 is 13.3. The van der Waals surface area contributed by atoms with Gasteiger partial charge in [0.1, 0.15) is 12.1 Å². The number of rotatable bonds is 1. The zero-order valence-corrected chi connectivity index (χ0v) is 8.05. The van der Waals surface area contributed by atoms with E-state index in [9.17, 15) is 9.18 Å². The molecule has 0 atom stereocenters. The van der Waals surface area contributed by atoms with E-state index >= 15 is 0 Å². The SMILES string of the molecule is Cc1cc(I)c(F)cc1C=O. The normalized spacial score (nSPS) is 9.73. The number of benzene rings is 1. The predicted octanol–water partition coefficient (Wildman–Crippen LogP) is 2.55. The van der Waals surface area contributed by atoms with E-state index < -0.39 is 0 Å². The average molecular weight is 264 g/mol. The van der Waals surface area contributed by atoms with E-state index in [1.54, 1.807) is 13.0 Å². The van der Waals surface area contributed by atoms with Crippen molar-refractivity contribution >= 4 is 28.9 Å². The van der Waals surface area contributed by atoms with Gasteiger partial charge in [0.25, 0.3) is 0 Å². The Labute approximate surface area is 77.8 Å². The fourth-order valence-corrected chi connectivity index (χ4v) is 1.41. The molecule has 0 bridgehead atoms. The van der Waals surface area contributed by atoms with E-state index in [0.29, 0.717) is 15.4 Å². The molecule has 0 radical (unpaired) electrons. The fraction of sp³-hybridized carbons (Fsp3) is 0.125. The molecule has 58 valence electrons. The monoisotopic (exact) mass is 264 g/mol. The Bertz CT molecular complexity index is 296. The lowest BCUT2D eigenvalue weighted by Crippen LogP contribution is -1.90. The van der Waals surface area contributed by atoms with Crippen LogP contribution in [0.5, 0.6) is 0 Å². The molecule has 0 saturated heterocycles. The van der Waals surface area contributed by atoms with Crippen molar-refractivity contribution in [1.29, 1.82) is 0 Å². The first kappa shape index (κ1) is 8.64. The van der Waals surface area contributed by atoms with E-state index in [0.717, 1.165) is 5.56 Å². The van der Waals surface area contributed by atoms with Crippen molar-refractivity contribution in [3.8, 4) is 0 Å². The number of aldehydes is 1. The summed E-state index contributed by atoms with van der Waals surface area (Å²) in [5.74, 6) is -0.335. The molecule has 1 aromatic rings. The Morgan fingerprint density at radius 2 is 2.18 bits per heavy atom. The Kier molecular flexibility index (Phi) is 2.59. The van der Waals surface area contributed by atoms with Crippen LogP contribution in [0.1, 0.15) is 15.9 Å². The minimum atomic E-state index is -0.335. The van der Waals surface area contributed by atoms with Gasteiger partial charge < -0.3 is 0 Å². The molecule has 0 heterocycles. The van der Waals surface area contributed by atoms with Gasteiger partial charge in [0.05, 0.1) is 0 Å². The van der Waals surface area contributed by atoms with Crippen LogP contribution >= 0.6 is 22.6 Å². The molecule has 1 rings (SSSR count). The zero-order valence-electron chi connectivity index (χ0n) is 5.90. The molecular formula is C8H6FIO. The first-order valence-corrected chi connectivity index (χ1v) is 4.14. The lowest BCUT2D eigenvalue weighted by atomic mass is 10.1. The number of carbonyl (C=O) groups is 1. The molecule has 0 fully saturated rings. The smallest absolute Gasteiger partial charge is 0.150 e. The number of carbonyl (C=O) groups excluding carboxylic acids is 1. The summed E-state index contributed by atoms with van der Waals surface area (Å²) in [4.78, 5) is 10.3. The van der Waals surface area contributed by atoms with Gasteiger partial charge in [-0.3, -0.25) is 4.79 Å². The van der Waals surface area contributed by atoms with E-state index in [-0.39, 0.29) is 5.82 Å². The highest BCUT2D eigenvalue weighted by atomic mass is 127. The number of aryl methyl sites for hydroxylation is 1. The van der Waals surface area contributed by atoms with Crippen molar-refractivity contribution in [3.05, 3.63) is 32.6 Å². The molecule has 0 aliphatic carbocycles. The Morgan fingerprint density at radius 1 is 1.55 bits per heavy atom. The average Bonchev–Trinajstić information content (AvgIpc) is 1.97. The molecule has 0 amide bonds. The third kappa shape index (κ3) is 1.77. The summed E-state index contributed by atoms with van der Waals surface area (Å²) in [6.07, 6.45) is 0.661. The topological polar surface area (TPSA) is 17.1 Å². The van der Waals surface area contributed by atoms with Crippen molar-refractivity contribution in [2.24, 2.45) is 0 Å². The van der Waals surface area contributed by atoms with Crippen LogP contribution in [0.2, 0.25) is 0 Å². The maximum absolute atomic E-state index is 12.8. The fourth-order valence-electron chi connectivity index (χ4n) is 0.789. The summed E-state index contributed by atoms with van der Waals surface area (Å²) in [6.45, 7) is 1.78. The van der Waals surface area contributed by atoms with Gasteiger partial charge in [-0.25, -0.2) is 4.39 Å². The molecule has 0 saturated carbocycles. The summed E-state index contributed by atoms with van der Waals surface area (Å²) in [5.41, 5.74) is 1.23. The number of halogens is 2. The van der Waals surface area contributed by atoms with Crippen LogP contribution in [-0.2, 0) is 0 Å². The van der Waals surface area contributed by atoms with Crippen molar-refractivity contribution in [2.75, 3.05) is 0 Å². The molecule has 3 heteroatoms. The Morgan fingerprint density at radius 3 is 2.73 bits per heavy atom. The van der Waals surface area contributed by atoms with Crippen LogP contribution in [0.3, 0.4) is 0 Å². The van der Waals surface area contributed by atoms with Crippen LogP contribution in [0.15, 0.2) is 12.1 Å². The Hall–Kier alpha value is -0.450. The molecule has 0 aliphatic heterocycles. The van der Waals surface area contributed by atoms with Crippen LogP contribution in [0, 0.1) is 16.3 Å². The maximum Gasteiger partial charge on any atom is 0.150 e. The van der Waals surface area contributed by atoms with E-state index in [1.807, 2.05) is 22.6 Å². The highest BCUT2D eigenvalue weighted by Crippen LogP contribution is 2.15. The van der Waals surface area contributed by atoms with Gasteiger partial charge in [0.15, 0.2) is 0 Å². The van der Waals surface area contributed by atoms with Crippen molar-refractivity contribution in [2.45, 2.75) is 6.92 Å². The van der Waals surface area contributed by atoms with Crippen molar-refractivity contribution in [3.63, 3.8) is 0 Å². The lowest BCUT2D eigenvalue weighted by Gasteiger charge is -1.99. The highest BCUT2D eigenvalue weighted by molar-refractivity contribution is 14.1. The lowest BCUT2D eigenvalue weighted by molar-refractivity contribution is 0.112. The predicted molar refractivity (Wildman–Crippen MR) is 49.2 cm³/mol. The van der Waals surface area contributed by atoms with Crippen LogP contribution in [0.4, 0.5) is 4.39 Å². The second-order valence-electron chi connectivity index (χ2n) is 2.24. The van der Waals surface area contributed by atoms with Crippen molar-refractivity contribution in [1.82, 2.24) is 0 Å². The first-order valence-electron chi connectivity index (χ1n) is 3.06. The maximum atomic E-state index is 12.8. The standard InChI is InChI=1S/C8H6FIO/c1-5-2-8(10)7(9)3-6(5)4-11/h2-4H,1H3. The second kappa shape index (κ2) is 3.30. The highest BCUT2D eigenvalue weighted by Gasteiger charge is 2.03. The quantitative estimate of drug-likeness (QED) is 0.562. The largest absolute Gasteiger partial charge is 0.298 e. The van der Waals surface area contributed by atoms with E-state index in [1.165, 1.54) is 6.07 Å². The molecule has 0 aromatic heterocycles. The van der Waals surface area contributed by atoms with E-state index in [2.05, 4.69) is 0 Å². The van der Waals surface area contributed by atoms with Crippen LogP contribution < -0.4 is 0 Å². The van der Waals surface area contributed by atoms with Gasteiger partial charge in [-0.1, -0.05) is 0 Å². The molecule has 0 N–H and O–H groups in total. The number of hydrogen-bond donors (Lipinski definition) is 0. The molecule has 0 spiro atoms. The van der Waals surface area contributed by atoms with Crippen LogP contribution in [0.25, 0.3) is 0 Å². The number of hydrogen-bond acceptors (Lipinski definition) is 1. The molecule has 1 aromatic carbocycles. The molecule has 0 unspecified atom stereocenters. The molecular weight excluding hydrogens is 258 g/mol. The van der Waals surface area contributed by atoms with Gasteiger partial charge in [-0.05, 0) is 47.2 Å². The second-order valence-corrected chi connectivity index (χ2v) is 3.40. The summed E-state index contributed by atoms with van der Waals surface area (Å²) >= 11 is 1.89. The first-order chi connectivity index (χ1) is 5.15. The summed E-state index contributed by atoms with van der Waals surface area (Å²) in [6, 6.07) is 2.91. The third-order valence-corrected chi connectivity index (χ3v) is 2.26. The van der Waals surface area contributed by atoms with Crippen LogP contribution in [-0.4, -0.2) is 6.29 Å². The van der Waals surface area contributed by atoms with E-state index in [4.69, 9.17) is 0 Å². The van der Waals surface area contributed by atoms with Gasteiger partial charge in [0.2, 0.25) is 0 Å². The Balaban J connectivity index is 3.31. The molecule has 1 nitrogen and oxygen atoms in total. The molecule has 0 aliphatic rings. The third-order valence-electron chi connectivity index (χ3n) is 1.44. The van der Waals surface area contributed by atoms with Crippen molar-refractivity contribution < 1.29 is 9.18 Å². The minimum Gasteiger partial charge on any atom is -0.298 e. The summed E-state index contributed by atoms with van der Waals surface area (Å²) in [5, 5.41) is 0. The van der Waals surface area contributed by atoms with Gasteiger partial charge in [0, 0.05) is 9.13 Å².